The van der Waals surface area contributed by atoms with Gasteiger partial charge < -0.3 is 21.7 Å². The molecule has 7 nitrogen and oxygen atoms in total. The van der Waals surface area contributed by atoms with Crippen molar-refractivity contribution in [2.45, 2.75) is 43.9 Å². The normalized spacial score (nSPS) is 12.9. The average molecular weight is 439 g/mol. The number of alkyl halides is 3. The lowest BCUT2D eigenvalue weighted by molar-refractivity contribution is -0.173. The zero-order valence-corrected chi connectivity index (χ0v) is 16.7. The van der Waals surface area contributed by atoms with Crippen LogP contribution in [0.3, 0.4) is 0 Å². The quantitative estimate of drug-likeness (QED) is 0.437. The molecule has 2 atom stereocenters. The summed E-state index contributed by atoms with van der Waals surface area (Å²) in [4.78, 5) is 34.8. The maximum absolute atomic E-state index is 12.1. The number of nitrogens with one attached hydrogen (secondary N) is 3. The molecule has 0 aliphatic carbocycles. The molecule has 164 valence electrons. The molecule has 1 rings (SSSR count). The fraction of sp³-hybridized carbons (Fsp3) is 0.500. The molecule has 0 spiro atoms. The number of hydrogen-bond acceptors (Lipinski definition) is 4. The van der Waals surface area contributed by atoms with Gasteiger partial charge in [-0.2, -0.15) is 13.2 Å². The molecule has 1 aromatic carbocycles. The monoisotopic (exact) mass is 438 g/mol. The van der Waals surface area contributed by atoms with Crippen molar-refractivity contribution in [1.29, 1.82) is 0 Å². The SMILES string of the molecule is CNC(=O)C(Cc1ccccc1)NC(=O)CCCC(N)CNC(=O)C(F)(F)F.Cl. The molecule has 0 aliphatic heterocycles. The summed E-state index contributed by atoms with van der Waals surface area (Å²) in [7, 11) is 1.47. The van der Waals surface area contributed by atoms with Crippen molar-refractivity contribution in [2.24, 2.45) is 5.73 Å². The van der Waals surface area contributed by atoms with Crippen molar-refractivity contribution in [3.8, 4) is 0 Å². The number of nitrogens with two attached hydrogens (primary N) is 1. The van der Waals surface area contributed by atoms with E-state index in [1.807, 2.05) is 30.3 Å². The van der Waals surface area contributed by atoms with Gasteiger partial charge in [-0.15, -0.1) is 12.4 Å². The molecule has 3 amide bonds. The highest BCUT2D eigenvalue weighted by atomic mass is 35.5. The first-order chi connectivity index (χ1) is 13.1. The Kier molecular flexibility index (Phi) is 12.0. The molecule has 5 N–H and O–H groups in total. The molecule has 11 heteroatoms. The maximum Gasteiger partial charge on any atom is 0.471 e. The molecule has 1 aromatic rings. The first kappa shape index (κ1) is 26.7. The van der Waals surface area contributed by atoms with Crippen LogP contribution >= 0.6 is 12.4 Å². The zero-order valence-electron chi connectivity index (χ0n) is 15.9. The van der Waals surface area contributed by atoms with Crippen LogP contribution in [0.25, 0.3) is 0 Å². The minimum Gasteiger partial charge on any atom is -0.357 e. The molecule has 2 unspecified atom stereocenters. The predicted octanol–water partition coefficient (Wildman–Crippen LogP) is 1.06. The van der Waals surface area contributed by atoms with Crippen LogP contribution in [-0.2, 0) is 20.8 Å². The Bertz CT molecular complexity index is 660. The fourth-order valence-electron chi connectivity index (χ4n) is 2.45. The van der Waals surface area contributed by atoms with Crippen LogP contribution in [0.2, 0.25) is 0 Å². The summed E-state index contributed by atoms with van der Waals surface area (Å²) in [6.45, 7) is -0.338. The molecule has 0 fully saturated rings. The van der Waals surface area contributed by atoms with E-state index in [1.165, 1.54) is 7.05 Å². The van der Waals surface area contributed by atoms with E-state index in [1.54, 1.807) is 5.32 Å². The van der Waals surface area contributed by atoms with Gasteiger partial charge in [0.2, 0.25) is 11.8 Å². The lowest BCUT2D eigenvalue weighted by Crippen LogP contribution is -2.47. The Morgan fingerprint density at radius 1 is 1.14 bits per heavy atom. The van der Waals surface area contributed by atoms with Gasteiger partial charge in [-0.3, -0.25) is 14.4 Å². The highest BCUT2D eigenvalue weighted by Gasteiger charge is 2.38. The molecule has 29 heavy (non-hydrogen) atoms. The third-order valence-corrected chi connectivity index (χ3v) is 3.94. The van der Waals surface area contributed by atoms with Gasteiger partial charge in [0.25, 0.3) is 0 Å². The Morgan fingerprint density at radius 3 is 2.31 bits per heavy atom. The Morgan fingerprint density at radius 2 is 1.76 bits per heavy atom. The van der Waals surface area contributed by atoms with Gasteiger partial charge in [-0.05, 0) is 18.4 Å². The number of carbonyl (C=O) groups is 3. The Hall–Kier alpha value is -2.33. The standard InChI is InChI=1S/C18H25F3N4O3.ClH/c1-23-16(27)14(10-12-6-3-2-4-7-12)25-15(26)9-5-8-13(22)11-24-17(28)18(19,20)21;/h2-4,6-7,13-14H,5,8-11,22H2,1H3,(H,23,27)(H,24,28)(H,25,26);1H. The maximum atomic E-state index is 12.1. The van der Waals surface area contributed by atoms with Crippen molar-refractivity contribution in [3.05, 3.63) is 35.9 Å². The second-order valence-electron chi connectivity index (χ2n) is 6.28. The molecular formula is C18H26ClF3N4O3. The van der Waals surface area contributed by atoms with E-state index in [2.05, 4.69) is 10.6 Å². The topological polar surface area (TPSA) is 113 Å². The van der Waals surface area contributed by atoms with Crippen molar-refractivity contribution < 1.29 is 27.6 Å². The number of rotatable bonds is 10. The van der Waals surface area contributed by atoms with Gasteiger partial charge in [-0.25, -0.2) is 0 Å². The molecular weight excluding hydrogens is 413 g/mol. The first-order valence-electron chi connectivity index (χ1n) is 8.79. The smallest absolute Gasteiger partial charge is 0.357 e. The van der Waals surface area contributed by atoms with E-state index in [0.717, 1.165) is 5.56 Å². The molecule has 0 aromatic heterocycles. The predicted molar refractivity (Wildman–Crippen MR) is 104 cm³/mol. The molecule has 0 aliphatic rings. The van der Waals surface area contributed by atoms with Crippen LogP contribution in [0.5, 0.6) is 0 Å². The van der Waals surface area contributed by atoms with Crippen LogP contribution in [0.15, 0.2) is 30.3 Å². The molecule has 0 saturated heterocycles. The average Bonchev–Trinajstić information content (AvgIpc) is 2.64. The zero-order chi connectivity index (χ0) is 21.2. The number of carbonyl (C=O) groups excluding carboxylic acids is 3. The van der Waals surface area contributed by atoms with Gasteiger partial charge in [0, 0.05) is 32.5 Å². The third kappa shape index (κ3) is 10.7. The highest BCUT2D eigenvalue weighted by molar-refractivity contribution is 5.87. The summed E-state index contributed by atoms with van der Waals surface area (Å²) in [5.74, 6) is -2.74. The van der Waals surface area contributed by atoms with E-state index in [-0.39, 0.29) is 43.6 Å². The number of hydrogen-bond donors (Lipinski definition) is 4. The highest BCUT2D eigenvalue weighted by Crippen LogP contribution is 2.14. The lowest BCUT2D eigenvalue weighted by Gasteiger charge is -2.18. The summed E-state index contributed by atoms with van der Waals surface area (Å²) in [6, 6.07) is 7.75. The van der Waals surface area contributed by atoms with Crippen LogP contribution in [0, 0.1) is 0 Å². The van der Waals surface area contributed by atoms with Crippen LogP contribution in [-0.4, -0.2) is 49.6 Å². The van der Waals surface area contributed by atoms with Crippen molar-refractivity contribution in [1.82, 2.24) is 16.0 Å². The summed E-state index contributed by atoms with van der Waals surface area (Å²) in [6.07, 6.45) is -4.01. The van der Waals surface area contributed by atoms with Gasteiger partial charge in [0.1, 0.15) is 6.04 Å². The number of amides is 3. The Labute approximate surface area is 173 Å². The van der Waals surface area contributed by atoms with Gasteiger partial charge in [-0.1, -0.05) is 30.3 Å². The molecule has 0 bridgehead atoms. The van der Waals surface area contributed by atoms with Crippen LogP contribution in [0.4, 0.5) is 13.2 Å². The molecule has 0 heterocycles. The van der Waals surface area contributed by atoms with Crippen LogP contribution in [0.1, 0.15) is 24.8 Å². The second-order valence-corrected chi connectivity index (χ2v) is 6.28. The summed E-state index contributed by atoms with van der Waals surface area (Å²) in [5.41, 5.74) is 6.53. The summed E-state index contributed by atoms with van der Waals surface area (Å²) < 4.78 is 36.3. The van der Waals surface area contributed by atoms with Crippen molar-refractivity contribution in [3.63, 3.8) is 0 Å². The van der Waals surface area contributed by atoms with E-state index >= 15 is 0 Å². The fourth-order valence-corrected chi connectivity index (χ4v) is 2.45. The number of benzene rings is 1. The first-order valence-corrected chi connectivity index (χ1v) is 8.79. The van der Waals surface area contributed by atoms with Crippen molar-refractivity contribution in [2.75, 3.05) is 13.6 Å². The lowest BCUT2D eigenvalue weighted by atomic mass is 10.0. The van der Waals surface area contributed by atoms with E-state index in [0.29, 0.717) is 12.8 Å². The molecule has 0 saturated carbocycles. The van der Waals surface area contributed by atoms with E-state index < -0.39 is 24.2 Å². The van der Waals surface area contributed by atoms with Gasteiger partial charge >= 0.3 is 12.1 Å². The number of halogens is 4. The minimum atomic E-state index is -4.95. The van der Waals surface area contributed by atoms with E-state index in [9.17, 15) is 27.6 Å². The largest absolute Gasteiger partial charge is 0.471 e. The second kappa shape index (κ2) is 13.0. The summed E-state index contributed by atoms with van der Waals surface area (Å²) >= 11 is 0. The van der Waals surface area contributed by atoms with Crippen molar-refractivity contribution >= 4 is 30.1 Å². The molecule has 0 radical (unpaired) electrons. The summed E-state index contributed by atoms with van der Waals surface area (Å²) in [5, 5.41) is 6.85. The van der Waals surface area contributed by atoms with Gasteiger partial charge in [0.15, 0.2) is 0 Å². The van der Waals surface area contributed by atoms with E-state index in [4.69, 9.17) is 5.73 Å². The number of likely N-dealkylation sites (N-methyl/N-ethyl adjacent to an activating group) is 1. The minimum absolute atomic E-state index is 0. The van der Waals surface area contributed by atoms with Crippen LogP contribution < -0.4 is 21.7 Å². The third-order valence-electron chi connectivity index (χ3n) is 3.94. The van der Waals surface area contributed by atoms with Gasteiger partial charge in [0.05, 0.1) is 0 Å². The Balaban J connectivity index is 0.00000784.